The van der Waals surface area contributed by atoms with Crippen LogP contribution < -0.4 is 0 Å². The third kappa shape index (κ3) is 1.68. The van der Waals surface area contributed by atoms with Crippen molar-refractivity contribution in [2.75, 3.05) is 0 Å². The predicted octanol–water partition coefficient (Wildman–Crippen LogP) is 1.80. The maximum absolute atomic E-state index is 9.20. The van der Waals surface area contributed by atoms with Crippen molar-refractivity contribution >= 4 is 0 Å². The van der Waals surface area contributed by atoms with Gasteiger partial charge in [0, 0.05) is 0 Å². The van der Waals surface area contributed by atoms with Crippen LogP contribution in [0.25, 0.3) is 0 Å². The van der Waals surface area contributed by atoms with Crippen molar-refractivity contribution in [3.8, 4) is 0 Å². The number of hydrogen-bond acceptors (Lipinski definition) is 1. The van der Waals surface area contributed by atoms with Gasteiger partial charge in [0.2, 0.25) is 0 Å². The lowest BCUT2D eigenvalue weighted by molar-refractivity contribution is 0.0807. The topological polar surface area (TPSA) is 20.2 Å². The van der Waals surface area contributed by atoms with E-state index in [1.165, 1.54) is 6.42 Å². The van der Waals surface area contributed by atoms with Gasteiger partial charge in [0.15, 0.2) is 0 Å². The molecule has 0 bridgehead atoms. The van der Waals surface area contributed by atoms with Crippen LogP contribution in [-0.4, -0.2) is 11.2 Å². The van der Waals surface area contributed by atoms with E-state index >= 15 is 0 Å². The fraction of sp³-hybridized carbons (Fsp3) is 1.00. The molecule has 1 nitrogen and oxygen atoms in total. The minimum Gasteiger partial charge on any atom is -0.393 e. The molecule has 0 spiro atoms. The van der Waals surface area contributed by atoms with Gasteiger partial charge in [0.1, 0.15) is 0 Å². The molecule has 54 valence electrons. The highest BCUT2D eigenvalue weighted by molar-refractivity contribution is 4.73. The Morgan fingerprint density at radius 1 is 1.11 bits per heavy atom. The lowest BCUT2D eigenvalue weighted by atomic mass is 9.80. The van der Waals surface area contributed by atoms with Gasteiger partial charge in [-0.3, -0.25) is 0 Å². The summed E-state index contributed by atoms with van der Waals surface area (Å²) in [5.41, 5.74) is 0. The van der Waals surface area contributed by atoms with Crippen LogP contribution in [0.5, 0.6) is 0 Å². The van der Waals surface area contributed by atoms with Crippen LogP contribution in [0.3, 0.4) is 0 Å². The number of aliphatic hydroxyl groups excluding tert-OH is 1. The molecule has 1 heteroatoms. The van der Waals surface area contributed by atoms with Crippen LogP contribution in [0.4, 0.5) is 0 Å². The van der Waals surface area contributed by atoms with Crippen molar-refractivity contribution in [1.29, 1.82) is 0 Å². The summed E-state index contributed by atoms with van der Waals surface area (Å²) in [6, 6.07) is 0. The Hall–Kier alpha value is -0.0400. The van der Waals surface area contributed by atoms with Crippen molar-refractivity contribution in [3.63, 3.8) is 0 Å². The van der Waals surface area contributed by atoms with Crippen molar-refractivity contribution in [2.45, 2.75) is 39.2 Å². The number of rotatable bonds is 0. The summed E-state index contributed by atoms with van der Waals surface area (Å²) in [7, 11) is 0. The van der Waals surface area contributed by atoms with E-state index in [9.17, 15) is 5.11 Å². The van der Waals surface area contributed by atoms with Crippen molar-refractivity contribution < 1.29 is 5.11 Å². The minimum absolute atomic E-state index is 0.00352. The zero-order valence-electron chi connectivity index (χ0n) is 6.30. The largest absolute Gasteiger partial charge is 0.393 e. The third-order valence-electron chi connectivity index (χ3n) is 2.57. The van der Waals surface area contributed by atoms with Crippen molar-refractivity contribution in [2.24, 2.45) is 11.8 Å². The van der Waals surface area contributed by atoms with Crippen molar-refractivity contribution in [3.05, 3.63) is 0 Å². The summed E-state index contributed by atoms with van der Waals surface area (Å²) in [6.45, 7) is 4.50. The quantitative estimate of drug-likeness (QED) is 0.527. The van der Waals surface area contributed by atoms with Gasteiger partial charge in [0.25, 0.3) is 0 Å². The molecule has 0 saturated heterocycles. The van der Waals surface area contributed by atoms with Crippen LogP contribution in [0.1, 0.15) is 33.1 Å². The fourth-order valence-electron chi connectivity index (χ4n) is 1.52. The van der Waals surface area contributed by atoms with Gasteiger partial charge < -0.3 is 5.11 Å². The Morgan fingerprint density at radius 3 is 2.22 bits per heavy atom. The molecule has 1 saturated carbocycles. The second kappa shape index (κ2) is 2.70. The summed E-state index contributed by atoms with van der Waals surface area (Å²) in [5.74, 6) is 1.56. The third-order valence-corrected chi connectivity index (χ3v) is 2.57. The van der Waals surface area contributed by atoms with Gasteiger partial charge in [-0.25, -0.2) is 0 Å². The average molecular weight is 128 g/mol. The Bertz CT molecular complexity index is 90.6. The fourth-order valence-corrected chi connectivity index (χ4v) is 1.52. The number of aliphatic hydroxyl groups is 1. The molecule has 1 rings (SSSR count). The van der Waals surface area contributed by atoms with Crippen LogP contribution >= 0.6 is 0 Å². The summed E-state index contributed by atoms with van der Waals surface area (Å²) in [5, 5.41) is 9.20. The molecule has 0 amide bonds. The summed E-state index contributed by atoms with van der Waals surface area (Å²) in [6.07, 6.45) is 3.24. The smallest absolute Gasteiger partial charge is 0.0543 e. The lowest BCUT2D eigenvalue weighted by Gasteiger charge is -2.28. The second-order valence-corrected chi connectivity index (χ2v) is 3.42. The molecule has 0 heterocycles. The first-order valence-electron chi connectivity index (χ1n) is 3.88. The highest BCUT2D eigenvalue weighted by atomic mass is 16.3. The molecule has 1 unspecified atom stereocenters. The van der Waals surface area contributed by atoms with E-state index in [0.717, 1.165) is 24.7 Å². The van der Waals surface area contributed by atoms with Gasteiger partial charge in [-0.1, -0.05) is 13.8 Å². The van der Waals surface area contributed by atoms with Crippen LogP contribution in [0, 0.1) is 11.8 Å². The van der Waals surface area contributed by atoms with Gasteiger partial charge in [-0.2, -0.15) is 0 Å². The average Bonchev–Trinajstić information content (AvgIpc) is 1.80. The van der Waals surface area contributed by atoms with E-state index in [0.29, 0.717) is 0 Å². The Balaban J connectivity index is 2.35. The van der Waals surface area contributed by atoms with E-state index in [-0.39, 0.29) is 6.10 Å². The van der Waals surface area contributed by atoms with E-state index < -0.39 is 0 Å². The lowest BCUT2D eigenvalue weighted by Crippen LogP contribution is -2.23. The summed E-state index contributed by atoms with van der Waals surface area (Å²) in [4.78, 5) is 0. The Kier molecular flexibility index (Phi) is 2.12. The van der Waals surface area contributed by atoms with Crippen molar-refractivity contribution in [1.82, 2.24) is 0 Å². The molecule has 0 aliphatic heterocycles. The molecule has 1 fully saturated rings. The molecule has 0 aromatic rings. The first kappa shape index (κ1) is 7.07. The van der Waals surface area contributed by atoms with E-state index in [2.05, 4.69) is 13.8 Å². The zero-order valence-corrected chi connectivity index (χ0v) is 6.30. The van der Waals surface area contributed by atoms with E-state index in [1.54, 1.807) is 0 Å². The molecule has 1 aliphatic carbocycles. The van der Waals surface area contributed by atoms with Crippen LogP contribution in [0.15, 0.2) is 0 Å². The molecule has 3 atom stereocenters. The molecule has 1 N–H and O–H groups in total. The molecule has 9 heavy (non-hydrogen) atoms. The SMILES string of the molecule is C[C@@H]1CCC(O)C[C@H]1C. The van der Waals surface area contributed by atoms with Gasteiger partial charge >= 0.3 is 0 Å². The summed E-state index contributed by atoms with van der Waals surface area (Å²) < 4.78 is 0. The second-order valence-electron chi connectivity index (χ2n) is 3.42. The van der Waals surface area contributed by atoms with Gasteiger partial charge in [0.05, 0.1) is 6.10 Å². The monoisotopic (exact) mass is 128 g/mol. The van der Waals surface area contributed by atoms with Crippen LogP contribution in [0.2, 0.25) is 0 Å². The molecule has 1 aliphatic rings. The molecule has 0 aromatic carbocycles. The first-order chi connectivity index (χ1) is 4.20. The summed E-state index contributed by atoms with van der Waals surface area (Å²) >= 11 is 0. The molecule has 0 aromatic heterocycles. The standard InChI is InChI=1S/C8H16O/c1-6-3-4-8(9)5-7(6)2/h6-9H,3-5H2,1-2H3/t6-,7-,8?/m1/s1. The molecular formula is C8H16O. The highest BCUT2D eigenvalue weighted by Gasteiger charge is 2.22. The van der Waals surface area contributed by atoms with E-state index in [1.807, 2.05) is 0 Å². The molecular weight excluding hydrogens is 112 g/mol. The first-order valence-corrected chi connectivity index (χ1v) is 3.88. The van der Waals surface area contributed by atoms with E-state index in [4.69, 9.17) is 0 Å². The predicted molar refractivity (Wildman–Crippen MR) is 38.2 cm³/mol. The Morgan fingerprint density at radius 2 is 1.78 bits per heavy atom. The Labute approximate surface area is 57.1 Å². The maximum atomic E-state index is 9.20. The minimum atomic E-state index is -0.00352. The number of hydrogen-bond donors (Lipinski definition) is 1. The normalized spacial score (nSPS) is 45.0. The maximum Gasteiger partial charge on any atom is 0.0543 e. The zero-order chi connectivity index (χ0) is 6.85. The van der Waals surface area contributed by atoms with Gasteiger partial charge in [-0.05, 0) is 31.1 Å². The van der Waals surface area contributed by atoms with Gasteiger partial charge in [-0.15, -0.1) is 0 Å². The highest BCUT2D eigenvalue weighted by Crippen LogP contribution is 2.28. The van der Waals surface area contributed by atoms with Crippen LogP contribution in [-0.2, 0) is 0 Å². The molecule has 0 radical (unpaired) electrons.